The third-order valence-electron chi connectivity index (χ3n) is 6.42. The van der Waals surface area contributed by atoms with Gasteiger partial charge in [0.2, 0.25) is 0 Å². The maximum Gasteiger partial charge on any atom is 0.293 e. The minimum absolute atomic E-state index is 0.00433. The molecule has 32 heavy (non-hydrogen) atoms. The number of aliphatic hydroxyl groups is 1. The van der Waals surface area contributed by atoms with Crippen molar-refractivity contribution < 1.29 is 19.1 Å². The number of hydrogen-bond donors (Lipinski definition) is 2. The number of pyridine rings is 1. The maximum atomic E-state index is 13.5. The van der Waals surface area contributed by atoms with Gasteiger partial charge in [-0.1, -0.05) is 23.2 Å². The molecule has 10 heteroatoms. The van der Waals surface area contributed by atoms with Crippen LogP contribution in [0.2, 0.25) is 10.0 Å². The molecule has 3 N–H and O–H groups in total. The van der Waals surface area contributed by atoms with Crippen molar-refractivity contribution in [2.75, 3.05) is 18.9 Å². The van der Waals surface area contributed by atoms with Gasteiger partial charge in [0, 0.05) is 41.2 Å². The van der Waals surface area contributed by atoms with E-state index in [1.807, 2.05) is 13.0 Å². The molecule has 2 aromatic heterocycles. The monoisotopic (exact) mass is 476 g/mol. The summed E-state index contributed by atoms with van der Waals surface area (Å²) in [6.45, 7) is 2.66. The Labute approximate surface area is 194 Å². The molecular formula is C22H22Cl2N4O4. The highest BCUT2D eigenvalue weighted by Crippen LogP contribution is 2.41. The number of nitrogens with zero attached hydrogens (tertiary/aromatic N) is 3. The van der Waals surface area contributed by atoms with Crippen LogP contribution in [-0.2, 0) is 21.6 Å². The Kier molecular flexibility index (Phi) is 5.28. The first-order valence-electron chi connectivity index (χ1n) is 10.4. The average molecular weight is 477 g/mol. The van der Waals surface area contributed by atoms with Gasteiger partial charge in [0.25, 0.3) is 11.9 Å². The van der Waals surface area contributed by atoms with Gasteiger partial charge < -0.3 is 24.9 Å². The number of benzene rings is 1. The number of nitrogen functional groups attached to an aromatic ring is 1. The molecule has 4 heterocycles. The highest BCUT2D eigenvalue weighted by molar-refractivity contribution is 6.35. The predicted octanol–water partition coefficient (Wildman–Crippen LogP) is 3.62. The van der Waals surface area contributed by atoms with Crippen molar-refractivity contribution in [3.63, 3.8) is 0 Å². The van der Waals surface area contributed by atoms with E-state index in [-0.39, 0.29) is 31.0 Å². The second-order valence-corrected chi connectivity index (χ2v) is 9.19. The number of ether oxygens (including phenoxy) is 1. The van der Waals surface area contributed by atoms with Gasteiger partial charge in [0.05, 0.1) is 18.8 Å². The number of fused-ring (bicyclic) bond motifs is 2. The Morgan fingerprint density at radius 2 is 2.16 bits per heavy atom. The van der Waals surface area contributed by atoms with Crippen molar-refractivity contribution in [2.45, 2.75) is 43.9 Å². The first-order valence-corrected chi connectivity index (χ1v) is 11.2. The van der Waals surface area contributed by atoms with Gasteiger partial charge in [-0.2, -0.15) is 4.98 Å². The van der Waals surface area contributed by atoms with Gasteiger partial charge >= 0.3 is 0 Å². The number of anilines is 1. The van der Waals surface area contributed by atoms with Gasteiger partial charge in [-0.25, -0.2) is 0 Å². The predicted molar refractivity (Wildman–Crippen MR) is 119 cm³/mol. The van der Waals surface area contributed by atoms with Crippen LogP contribution in [0.4, 0.5) is 6.01 Å². The SMILES string of the molecule is C[C@H]1c2c(Cl)cc(Cl)cc2CCN1C(=O)[C@@H]1C[C@](O)(c2cncc3nc(N)oc23)CCO1. The quantitative estimate of drug-likeness (QED) is 0.579. The number of carbonyl (C=O) groups excluding carboxylic acids is 1. The summed E-state index contributed by atoms with van der Waals surface area (Å²) in [5.74, 6) is -0.190. The zero-order chi connectivity index (χ0) is 22.6. The van der Waals surface area contributed by atoms with Gasteiger partial charge in [-0.15, -0.1) is 0 Å². The normalized spacial score (nSPS) is 25.7. The third-order valence-corrected chi connectivity index (χ3v) is 6.95. The lowest BCUT2D eigenvalue weighted by molar-refractivity contribution is -0.163. The summed E-state index contributed by atoms with van der Waals surface area (Å²) >= 11 is 12.6. The van der Waals surface area contributed by atoms with E-state index in [2.05, 4.69) is 9.97 Å². The molecule has 3 atom stereocenters. The maximum absolute atomic E-state index is 13.5. The fourth-order valence-corrected chi connectivity index (χ4v) is 5.53. The molecular weight excluding hydrogens is 455 g/mol. The summed E-state index contributed by atoms with van der Waals surface area (Å²) in [4.78, 5) is 23.5. The number of aromatic nitrogens is 2. The van der Waals surface area contributed by atoms with Crippen LogP contribution in [0.15, 0.2) is 28.9 Å². The van der Waals surface area contributed by atoms with Crippen LogP contribution < -0.4 is 5.73 Å². The lowest BCUT2D eigenvalue weighted by atomic mass is 9.83. The zero-order valence-corrected chi connectivity index (χ0v) is 18.9. The van der Waals surface area contributed by atoms with E-state index in [1.54, 1.807) is 11.0 Å². The second-order valence-electron chi connectivity index (χ2n) is 8.35. The molecule has 0 radical (unpaired) electrons. The van der Waals surface area contributed by atoms with Gasteiger partial charge in [0.15, 0.2) is 5.58 Å². The molecule has 2 aliphatic heterocycles. The number of halogens is 2. The standard InChI is InChI=1S/C22H22Cl2N4O4/c1-11-18-12(6-13(23)7-15(18)24)2-4-28(11)20(29)17-8-22(30,3-5-31-17)14-9-26-10-16-19(14)32-21(25)27-16/h6-7,9-11,17,30H,2-5,8H2,1H3,(H2,25,27)/t11-,17-,22-/m0/s1. The first-order chi connectivity index (χ1) is 15.3. The van der Waals surface area contributed by atoms with Crippen LogP contribution in [0.25, 0.3) is 11.1 Å². The number of oxazole rings is 1. The van der Waals surface area contributed by atoms with E-state index >= 15 is 0 Å². The third kappa shape index (κ3) is 3.51. The molecule has 8 nitrogen and oxygen atoms in total. The molecule has 2 aliphatic rings. The smallest absolute Gasteiger partial charge is 0.293 e. The summed E-state index contributed by atoms with van der Waals surface area (Å²) in [5.41, 5.74) is 7.55. The molecule has 3 aromatic rings. The molecule has 0 spiro atoms. The topological polar surface area (TPSA) is 115 Å². The lowest BCUT2D eigenvalue weighted by Gasteiger charge is -2.41. The van der Waals surface area contributed by atoms with Gasteiger partial charge in [-0.3, -0.25) is 9.78 Å². The van der Waals surface area contributed by atoms with E-state index in [9.17, 15) is 9.90 Å². The van der Waals surface area contributed by atoms with E-state index in [4.69, 9.17) is 38.1 Å². The number of hydrogen-bond acceptors (Lipinski definition) is 7. The molecule has 168 valence electrons. The molecule has 0 unspecified atom stereocenters. The van der Waals surface area contributed by atoms with Crippen molar-refractivity contribution in [3.8, 4) is 0 Å². The average Bonchev–Trinajstić information content (AvgIpc) is 3.13. The van der Waals surface area contributed by atoms with Crippen LogP contribution in [0, 0.1) is 0 Å². The Bertz CT molecular complexity index is 1220. The van der Waals surface area contributed by atoms with Crippen molar-refractivity contribution in [1.82, 2.24) is 14.9 Å². The molecule has 1 fully saturated rings. The molecule has 1 saturated heterocycles. The Balaban J connectivity index is 1.42. The lowest BCUT2D eigenvalue weighted by Crippen LogP contribution is -2.50. The summed E-state index contributed by atoms with van der Waals surface area (Å²) in [6, 6.07) is 3.34. The summed E-state index contributed by atoms with van der Waals surface area (Å²) in [7, 11) is 0. The fourth-order valence-electron chi connectivity index (χ4n) is 4.83. The highest BCUT2D eigenvalue weighted by atomic mass is 35.5. The number of rotatable bonds is 2. The molecule has 1 aromatic carbocycles. The number of amides is 1. The van der Waals surface area contributed by atoms with Crippen LogP contribution in [0.5, 0.6) is 0 Å². The summed E-state index contributed by atoms with van der Waals surface area (Å²) in [6.07, 6.45) is 3.23. The Morgan fingerprint density at radius 3 is 2.97 bits per heavy atom. The molecule has 5 rings (SSSR count). The Hall–Kier alpha value is -2.39. The van der Waals surface area contributed by atoms with Crippen LogP contribution in [0.1, 0.15) is 42.5 Å². The van der Waals surface area contributed by atoms with Crippen molar-refractivity contribution in [3.05, 3.63) is 51.3 Å². The van der Waals surface area contributed by atoms with Gasteiger partial charge in [-0.05, 0) is 36.6 Å². The van der Waals surface area contributed by atoms with E-state index in [0.29, 0.717) is 46.1 Å². The minimum Gasteiger partial charge on any atom is -0.423 e. The number of carbonyl (C=O) groups is 1. The van der Waals surface area contributed by atoms with Crippen molar-refractivity contribution in [1.29, 1.82) is 0 Å². The molecule has 0 bridgehead atoms. The fraction of sp³-hybridized carbons (Fsp3) is 0.409. The van der Waals surface area contributed by atoms with Crippen molar-refractivity contribution >= 4 is 46.2 Å². The molecule has 0 saturated carbocycles. The first kappa shape index (κ1) is 21.5. The molecule has 1 amide bonds. The minimum atomic E-state index is -1.36. The Morgan fingerprint density at radius 1 is 1.34 bits per heavy atom. The highest BCUT2D eigenvalue weighted by Gasteiger charge is 2.44. The zero-order valence-electron chi connectivity index (χ0n) is 17.3. The summed E-state index contributed by atoms with van der Waals surface area (Å²) in [5, 5.41) is 12.6. The largest absolute Gasteiger partial charge is 0.423 e. The van der Waals surface area contributed by atoms with Crippen molar-refractivity contribution in [2.24, 2.45) is 0 Å². The van der Waals surface area contributed by atoms with Gasteiger partial charge in [0.1, 0.15) is 17.2 Å². The molecule has 0 aliphatic carbocycles. The second kappa shape index (κ2) is 7.88. The van der Waals surface area contributed by atoms with E-state index < -0.39 is 11.7 Å². The van der Waals surface area contributed by atoms with Crippen LogP contribution >= 0.6 is 23.2 Å². The van der Waals surface area contributed by atoms with E-state index in [0.717, 1.165) is 11.1 Å². The van der Waals surface area contributed by atoms with Crippen LogP contribution in [-0.4, -0.2) is 45.1 Å². The summed E-state index contributed by atoms with van der Waals surface area (Å²) < 4.78 is 11.3. The van der Waals surface area contributed by atoms with E-state index in [1.165, 1.54) is 12.4 Å². The number of nitrogens with two attached hydrogens (primary N) is 1. The van der Waals surface area contributed by atoms with Crippen LogP contribution in [0.3, 0.4) is 0 Å².